The van der Waals surface area contributed by atoms with Crippen LogP contribution in [0.3, 0.4) is 0 Å². The van der Waals surface area contributed by atoms with Gasteiger partial charge in [-0.2, -0.15) is 0 Å². The maximum atomic E-state index is 13.0. The second-order valence-electron chi connectivity index (χ2n) is 6.67. The summed E-state index contributed by atoms with van der Waals surface area (Å²) in [6.07, 6.45) is 7.21. The highest BCUT2D eigenvalue weighted by atomic mass is 35.5. The van der Waals surface area contributed by atoms with E-state index < -0.39 is 22.1 Å². The van der Waals surface area contributed by atoms with Gasteiger partial charge in [-0.25, -0.2) is 4.98 Å². The van der Waals surface area contributed by atoms with Crippen LogP contribution in [0, 0.1) is 0 Å². The number of rotatable bonds is 3. The molecule has 1 aliphatic rings. The van der Waals surface area contributed by atoms with E-state index in [1.54, 1.807) is 18.3 Å². The highest BCUT2D eigenvalue weighted by Crippen LogP contribution is 2.29. The molecule has 0 radical (unpaired) electrons. The van der Waals surface area contributed by atoms with Crippen LogP contribution >= 0.6 is 23.2 Å². The number of carbonyl (C=O) groups is 1. The predicted molar refractivity (Wildman–Crippen MR) is 114 cm³/mol. The normalized spacial score (nSPS) is 19.2. The van der Waals surface area contributed by atoms with Crippen LogP contribution in [-0.2, 0) is 10.8 Å². The largest absolute Gasteiger partial charge is 0.328 e. The summed E-state index contributed by atoms with van der Waals surface area (Å²) in [4.78, 5) is 34.1. The van der Waals surface area contributed by atoms with Gasteiger partial charge < -0.3 is 9.88 Å². The lowest BCUT2D eigenvalue weighted by Gasteiger charge is -2.26. The third-order valence-electron chi connectivity index (χ3n) is 4.88. The lowest BCUT2D eigenvalue weighted by atomic mass is 10.1. The highest BCUT2D eigenvalue weighted by molar-refractivity contribution is 7.85. The van der Waals surface area contributed by atoms with Crippen LogP contribution in [0.5, 0.6) is 0 Å². The van der Waals surface area contributed by atoms with Crippen LogP contribution in [-0.4, -0.2) is 36.2 Å². The molecule has 1 saturated heterocycles. The summed E-state index contributed by atoms with van der Waals surface area (Å²) in [5.41, 5.74) is 0.231. The van der Waals surface area contributed by atoms with E-state index in [4.69, 9.17) is 23.2 Å². The Labute approximate surface area is 178 Å². The minimum atomic E-state index is -0.829. The molecule has 29 heavy (non-hydrogen) atoms. The lowest BCUT2D eigenvalue weighted by molar-refractivity contribution is 0.102. The molecule has 3 aromatic rings. The Morgan fingerprint density at radius 2 is 1.90 bits per heavy atom. The standard InChI is InChI=1S/C19H16Cl2N4O3S/c20-14-8-22-9-15(21)16(14)24-19(27)13-10-25(11-3-6-29(28)7-4-11)18-12(17(13)26)2-1-5-23-18/h1-2,5,8-11H,3-4,6-7H2,(H,22,24,27). The first-order valence-corrected chi connectivity index (χ1v) is 11.2. The van der Waals surface area contributed by atoms with Gasteiger partial charge in [0.25, 0.3) is 5.91 Å². The summed E-state index contributed by atoms with van der Waals surface area (Å²) in [5, 5.41) is 3.30. The van der Waals surface area contributed by atoms with E-state index in [1.165, 1.54) is 18.6 Å². The Bertz CT molecular complexity index is 1170. The van der Waals surface area contributed by atoms with E-state index in [2.05, 4.69) is 15.3 Å². The van der Waals surface area contributed by atoms with Crippen molar-refractivity contribution in [1.29, 1.82) is 0 Å². The molecule has 0 unspecified atom stereocenters. The zero-order chi connectivity index (χ0) is 20.5. The summed E-state index contributed by atoms with van der Waals surface area (Å²) in [7, 11) is -0.829. The lowest BCUT2D eigenvalue weighted by Crippen LogP contribution is -2.28. The molecule has 0 bridgehead atoms. The summed E-state index contributed by atoms with van der Waals surface area (Å²) in [6, 6.07) is 3.30. The first-order chi connectivity index (χ1) is 14.0. The topological polar surface area (TPSA) is 93.9 Å². The number of nitrogens with zero attached hydrogens (tertiary/aromatic N) is 3. The molecule has 0 saturated carbocycles. The molecular weight excluding hydrogens is 435 g/mol. The molecule has 3 aromatic heterocycles. The number of hydrogen-bond acceptors (Lipinski definition) is 5. The van der Waals surface area contributed by atoms with Gasteiger partial charge >= 0.3 is 0 Å². The van der Waals surface area contributed by atoms with Gasteiger partial charge in [0.1, 0.15) is 11.2 Å². The molecule has 1 fully saturated rings. The van der Waals surface area contributed by atoms with Gasteiger partial charge in [-0.3, -0.25) is 18.8 Å². The van der Waals surface area contributed by atoms with Gasteiger partial charge in [0.15, 0.2) is 0 Å². The number of anilines is 1. The van der Waals surface area contributed by atoms with Gasteiger partial charge in [0.05, 0.1) is 21.1 Å². The summed E-state index contributed by atoms with van der Waals surface area (Å²) in [5.74, 6) is 0.535. The number of carbonyl (C=O) groups excluding carboxylic acids is 1. The molecule has 150 valence electrons. The van der Waals surface area contributed by atoms with Crippen molar-refractivity contribution in [3.8, 4) is 0 Å². The molecule has 0 aromatic carbocycles. The van der Waals surface area contributed by atoms with Gasteiger partial charge in [-0.15, -0.1) is 0 Å². The molecule has 0 spiro atoms. The van der Waals surface area contributed by atoms with Crippen molar-refractivity contribution in [1.82, 2.24) is 14.5 Å². The molecule has 1 amide bonds. The number of fused-ring (bicyclic) bond motifs is 1. The number of hydrogen-bond donors (Lipinski definition) is 1. The fourth-order valence-corrected chi connectivity index (χ4v) is 5.13. The van der Waals surface area contributed by atoms with Crippen molar-refractivity contribution in [2.75, 3.05) is 16.8 Å². The van der Waals surface area contributed by atoms with Crippen LogP contribution in [0.4, 0.5) is 5.69 Å². The Hall–Kier alpha value is -2.29. The minimum Gasteiger partial charge on any atom is -0.328 e. The monoisotopic (exact) mass is 450 g/mol. The maximum Gasteiger partial charge on any atom is 0.261 e. The molecule has 1 N–H and O–H groups in total. The molecule has 1 aliphatic heterocycles. The Morgan fingerprint density at radius 3 is 2.59 bits per heavy atom. The molecule has 10 heteroatoms. The summed E-state index contributed by atoms with van der Waals surface area (Å²) in [6.45, 7) is 0. The Balaban J connectivity index is 1.80. The second kappa shape index (κ2) is 8.22. The molecule has 0 atom stereocenters. The van der Waals surface area contributed by atoms with E-state index in [1.807, 2.05) is 4.57 Å². The molecule has 4 heterocycles. The van der Waals surface area contributed by atoms with Crippen molar-refractivity contribution >= 4 is 56.6 Å². The van der Waals surface area contributed by atoms with Crippen molar-refractivity contribution in [3.63, 3.8) is 0 Å². The predicted octanol–water partition coefficient (Wildman–Crippen LogP) is 3.43. The van der Waals surface area contributed by atoms with Crippen LogP contribution in [0.1, 0.15) is 29.2 Å². The third kappa shape index (κ3) is 3.92. The number of halogens is 2. The van der Waals surface area contributed by atoms with E-state index in [0.717, 1.165) is 0 Å². The zero-order valence-electron chi connectivity index (χ0n) is 15.1. The number of aromatic nitrogens is 3. The molecule has 7 nitrogen and oxygen atoms in total. The second-order valence-corrected chi connectivity index (χ2v) is 9.18. The number of amides is 1. The smallest absolute Gasteiger partial charge is 0.261 e. The first-order valence-electron chi connectivity index (χ1n) is 8.91. The number of pyridine rings is 3. The molecular formula is C19H16Cl2N4O3S. The van der Waals surface area contributed by atoms with Crippen LogP contribution in [0.15, 0.2) is 41.7 Å². The quantitative estimate of drug-likeness (QED) is 0.659. The Morgan fingerprint density at radius 1 is 1.21 bits per heavy atom. The van der Waals surface area contributed by atoms with Crippen molar-refractivity contribution < 1.29 is 9.00 Å². The third-order valence-corrected chi connectivity index (χ3v) is 6.83. The van der Waals surface area contributed by atoms with Crippen molar-refractivity contribution in [2.45, 2.75) is 18.9 Å². The SMILES string of the molecule is O=C(Nc1c(Cl)cncc1Cl)c1cn(C2CCS(=O)CC2)c2ncccc2c1=O. The first kappa shape index (κ1) is 20.0. The van der Waals surface area contributed by atoms with E-state index >= 15 is 0 Å². The Kier molecular flexibility index (Phi) is 5.67. The minimum absolute atomic E-state index is 0.00495. The average Bonchev–Trinajstić information content (AvgIpc) is 2.72. The van der Waals surface area contributed by atoms with Crippen LogP contribution in [0.25, 0.3) is 11.0 Å². The van der Waals surface area contributed by atoms with E-state index in [9.17, 15) is 13.8 Å². The van der Waals surface area contributed by atoms with Gasteiger partial charge in [-0.05, 0) is 25.0 Å². The average molecular weight is 451 g/mol. The highest BCUT2D eigenvalue weighted by Gasteiger charge is 2.24. The maximum absolute atomic E-state index is 13.0. The van der Waals surface area contributed by atoms with Crippen LogP contribution < -0.4 is 10.7 Å². The summed E-state index contributed by atoms with van der Waals surface area (Å²) >= 11 is 12.2. The van der Waals surface area contributed by atoms with E-state index in [-0.39, 0.29) is 27.3 Å². The molecule has 0 aliphatic carbocycles. The van der Waals surface area contributed by atoms with Gasteiger partial charge in [0.2, 0.25) is 5.43 Å². The van der Waals surface area contributed by atoms with Crippen molar-refractivity contribution in [2.24, 2.45) is 0 Å². The van der Waals surface area contributed by atoms with E-state index in [0.29, 0.717) is 35.4 Å². The zero-order valence-corrected chi connectivity index (χ0v) is 17.4. The fourth-order valence-electron chi connectivity index (χ4n) is 3.40. The van der Waals surface area contributed by atoms with Gasteiger partial charge in [-0.1, -0.05) is 23.2 Å². The van der Waals surface area contributed by atoms with Crippen LogP contribution in [0.2, 0.25) is 10.0 Å². The van der Waals surface area contributed by atoms with Crippen molar-refractivity contribution in [3.05, 3.63) is 62.8 Å². The number of nitrogens with one attached hydrogen (secondary N) is 1. The molecule has 4 rings (SSSR count). The summed E-state index contributed by atoms with van der Waals surface area (Å²) < 4.78 is 13.6. The fraction of sp³-hybridized carbons (Fsp3) is 0.263. The van der Waals surface area contributed by atoms with Gasteiger partial charge in [0, 0.05) is 53.1 Å².